The number of thiol groups is 1. The van der Waals surface area contributed by atoms with Gasteiger partial charge in [0, 0.05) is 36.0 Å². The topological polar surface area (TPSA) is 137 Å². The van der Waals surface area contributed by atoms with Crippen molar-refractivity contribution in [1.29, 1.82) is 0 Å². The SMILES string of the molecule is CN[C@H](C(=O)N[C@H](C(=O)N(C)[C@H](/C=C(\C)C(=O)NS(=O)(=O)c1ccc(C)cc1)C(C)C)C(C)(C)C)C(C)(C)c1cccc(NCCS)c1. The Bertz CT molecular complexity index is 1560. The van der Waals surface area contributed by atoms with Gasteiger partial charge in [0.15, 0.2) is 0 Å². The summed E-state index contributed by atoms with van der Waals surface area (Å²) in [5.74, 6) is -0.906. The van der Waals surface area contributed by atoms with Crippen LogP contribution in [0.25, 0.3) is 0 Å². The van der Waals surface area contributed by atoms with E-state index in [0.29, 0.717) is 12.3 Å². The fourth-order valence-corrected chi connectivity index (χ4v) is 6.63. The highest BCUT2D eigenvalue weighted by Gasteiger charge is 2.41. The highest BCUT2D eigenvalue weighted by Crippen LogP contribution is 2.31. The number of carbonyl (C=O) groups excluding carboxylic acids is 3. The molecule has 0 saturated carbocycles. The number of nitrogens with one attached hydrogen (secondary N) is 4. The Balaban J connectivity index is 2.34. The summed E-state index contributed by atoms with van der Waals surface area (Å²) in [7, 11) is -0.737. The van der Waals surface area contributed by atoms with Gasteiger partial charge in [0.2, 0.25) is 11.8 Å². The summed E-state index contributed by atoms with van der Waals surface area (Å²) < 4.78 is 27.8. The second-order valence-corrected chi connectivity index (χ2v) is 16.4. The lowest BCUT2D eigenvalue weighted by Crippen LogP contribution is -2.61. The molecule has 0 heterocycles. The zero-order chi connectivity index (χ0) is 36.6. The number of anilines is 1. The van der Waals surface area contributed by atoms with Gasteiger partial charge in [-0.05, 0) is 62.1 Å². The van der Waals surface area contributed by atoms with Gasteiger partial charge < -0.3 is 20.9 Å². The molecule has 48 heavy (non-hydrogen) atoms. The van der Waals surface area contributed by atoms with Crippen LogP contribution in [0.5, 0.6) is 0 Å². The number of sulfonamides is 1. The minimum absolute atomic E-state index is 0.0216. The van der Waals surface area contributed by atoms with Gasteiger partial charge in [0.1, 0.15) is 6.04 Å². The number of likely N-dealkylation sites (N-methyl/N-ethyl adjacent to an activating group) is 2. The molecule has 10 nitrogen and oxygen atoms in total. The van der Waals surface area contributed by atoms with E-state index in [2.05, 4.69) is 33.3 Å². The summed E-state index contributed by atoms with van der Waals surface area (Å²) in [6.45, 7) is 17.5. The normalized spacial score (nSPS) is 14.6. The largest absolute Gasteiger partial charge is 0.384 e. The molecule has 2 rings (SSSR count). The molecule has 2 aromatic carbocycles. The van der Waals surface area contributed by atoms with Gasteiger partial charge in [-0.1, -0.05) is 84.4 Å². The predicted molar refractivity (Wildman–Crippen MR) is 198 cm³/mol. The fourth-order valence-electron chi connectivity index (χ4n) is 5.50. The molecule has 4 N–H and O–H groups in total. The van der Waals surface area contributed by atoms with Crippen molar-refractivity contribution < 1.29 is 22.8 Å². The summed E-state index contributed by atoms with van der Waals surface area (Å²) in [6.07, 6.45) is 1.60. The molecule has 3 amide bonds. The Morgan fingerprint density at radius 2 is 1.58 bits per heavy atom. The second kappa shape index (κ2) is 16.8. The highest BCUT2D eigenvalue weighted by atomic mass is 32.2. The Morgan fingerprint density at radius 3 is 2.10 bits per heavy atom. The first-order valence-corrected chi connectivity index (χ1v) is 18.3. The lowest BCUT2D eigenvalue weighted by Gasteiger charge is -2.40. The molecule has 0 aliphatic rings. The van der Waals surface area contributed by atoms with Crippen molar-refractivity contribution in [3.63, 3.8) is 0 Å². The van der Waals surface area contributed by atoms with Crippen molar-refractivity contribution in [3.8, 4) is 0 Å². The molecular weight excluding hydrogens is 647 g/mol. The number of hydrogen-bond acceptors (Lipinski definition) is 8. The minimum Gasteiger partial charge on any atom is -0.384 e. The molecule has 2 aromatic rings. The summed E-state index contributed by atoms with van der Waals surface area (Å²) in [6, 6.07) is 11.9. The van der Waals surface area contributed by atoms with Crippen molar-refractivity contribution in [1.82, 2.24) is 20.3 Å². The van der Waals surface area contributed by atoms with E-state index in [1.54, 1.807) is 32.3 Å². The second-order valence-electron chi connectivity index (χ2n) is 14.3. The van der Waals surface area contributed by atoms with Crippen LogP contribution in [0.1, 0.15) is 66.5 Å². The van der Waals surface area contributed by atoms with Crippen LogP contribution in [-0.2, 0) is 29.8 Å². The Kier molecular flexibility index (Phi) is 14.3. The van der Waals surface area contributed by atoms with E-state index in [1.807, 2.05) is 79.7 Å². The van der Waals surface area contributed by atoms with E-state index in [1.165, 1.54) is 24.0 Å². The maximum absolute atomic E-state index is 14.2. The predicted octanol–water partition coefficient (Wildman–Crippen LogP) is 4.67. The summed E-state index contributed by atoms with van der Waals surface area (Å²) in [5, 5.41) is 9.53. The van der Waals surface area contributed by atoms with Gasteiger partial charge in [-0.25, -0.2) is 13.1 Å². The van der Waals surface area contributed by atoms with E-state index < -0.39 is 44.9 Å². The van der Waals surface area contributed by atoms with Gasteiger partial charge in [0.25, 0.3) is 15.9 Å². The molecule has 0 fully saturated rings. The minimum atomic E-state index is -4.09. The van der Waals surface area contributed by atoms with Crippen molar-refractivity contribution in [3.05, 3.63) is 71.3 Å². The van der Waals surface area contributed by atoms with Crippen LogP contribution in [-0.4, -0.2) is 75.6 Å². The summed E-state index contributed by atoms with van der Waals surface area (Å²) >= 11 is 4.27. The van der Waals surface area contributed by atoms with E-state index in [-0.39, 0.29) is 28.2 Å². The lowest BCUT2D eigenvalue weighted by atomic mass is 9.76. The number of benzene rings is 2. The molecule has 0 spiro atoms. The smallest absolute Gasteiger partial charge is 0.264 e. The number of nitrogens with zero attached hydrogens (tertiary/aromatic N) is 1. The Hall–Kier alpha value is -3.35. The van der Waals surface area contributed by atoms with Gasteiger partial charge in [-0.2, -0.15) is 12.6 Å². The lowest BCUT2D eigenvalue weighted by molar-refractivity contribution is -0.140. The van der Waals surface area contributed by atoms with Crippen LogP contribution in [0.4, 0.5) is 5.69 Å². The molecule has 0 saturated heterocycles. The first-order valence-electron chi connectivity index (χ1n) is 16.2. The molecule has 0 aromatic heterocycles. The quantitative estimate of drug-likeness (QED) is 0.135. The number of hydrogen-bond donors (Lipinski definition) is 5. The first-order chi connectivity index (χ1) is 22.2. The van der Waals surface area contributed by atoms with Gasteiger partial charge in [-0.3, -0.25) is 14.4 Å². The molecule has 0 bridgehead atoms. The third kappa shape index (κ3) is 10.6. The van der Waals surface area contributed by atoms with Crippen molar-refractivity contribution in [2.45, 2.75) is 90.7 Å². The van der Waals surface area contributed by atoms with E-state index in [0.717, 1.165) is 16.8 Å². The van der Waals surface area contributed by atoms with Crippen LogP contribution in [0.2, 0.25) is 0 Å². The van der Waals surface area contributed by atoms with Crippen molar-refractivity contribution in [2.24, 2.45) is 11.3 Å². The number of carbonyl (C=O) groups is 3. The molecule has 0 aliphatic carbocycles. The van der Waals surface area contributed by atoms with E-state index >= 15 is 0 Å². The van der Waals surface area contributed by atoms with E-state index in [4.69, 9.17) is 0 Å². The van der Waals surface area contributed by atoms with Crippen LogP contribution >= 0.6 is 12.6 Å². The standard InChI is InChI=1S/C36H55N5O5S2/c1-23(2)29(21-25(4)32(42)40-48(45,46)28-17-15-24(3)16-18-28)41(11)34(44)31(35(5,6)7)39-33(43)30(37-10)36(8,9)26-13-12-14-27(22-26)38-19-20-47/h12-18,21-23,29-31,37-38,47H,19-20H2,1-11H3,(H,39,43)(H,40,42)/b25-21+/t29-,30-,31-/m1/s1. The average molecular weight is 702 g/mol. The summed E-state index contributed by atoms with van der Waals surface area (Å²) in [4.78, 5) is 42.7. The summed E-state index contributed by atoms with van der Waals surface area (Å²) in [5.41, 5.74) is 1.59. The molecule has 0 unspecified atom stereocenters. The number of aryl methyl sites for hydroxylation is 1. The van der Waals surface area contributed by atoms with Crippen molar-refractivity contribution >= 4 is 46.1 Å². The Labute approximate surface area is 293 Å². The average Bonchev–Trinajstić information content (AvgIpc) is 3.00. The monoisotopic (exact) mass is 701 g/mol. The van der Waals surface area contributed by atoms with Gasteiger partial charge in [0.05, 0.1) is 17.0 Å². The maximum atomic E-state index is 14.2. The van der Waals surface area contributed by atoms with Crippen molar-refractivity contribution in [2.75, 3.05) is 31.7 Å². The molecule has 3 atom stereocenters. The Morgan fingerprint density at radius 1 is 0.979 bits per heavy atom. The third-order valence-corrected chi connectivity index (χ3v) is 10.1. The molecule has 0 radical (unpaired) electrons. The van der Waals surface area contributed by atoms with Crippen LogP contribution in [0.15, 0.2) is 65.1 Å². The van der Waals surface area contributed by atoms with Crippen LogP contribution < -0.4 is 20.7 Å². The number of amides is 3. The highest BCUT2D eigenvalue weighted by molar-refractivity contribution is 7.90. The van der Waals surface area contributed by atoms with Gasteiger partial charge >= 0.3 is 0 Å². The first kappa shape index (κ1) is 40.8. The molecule has 266 valence electrons. The van der Waals surface area contributed by atoms with Gasteiger partial charge in [-0.15, -0.1) is 0 Å². The van der Waals surface area contributed by atoms with E-state index in [9.17, 15) is 22.8 Å². The van der Waals surface area contributed by atoms with Crippen LogP contribution in [0, 0.1) is 18.3 Å². The molecule has 12 heteroatoms. The number of rotatable bonds is 15. The molecular formula is C36H55N5O5S2. The maximum Gasteiger partial charge on any atom is 0.264 e. The molecule has 0 aliphatic heterocycles. The zero-order valence-corrected chi connectivity index (χ0v) is 32.0. The fraction of sp³-hybridized carbons (Fsp3) is 0.528. The third-order valence-electron chi connectivity index (χ3n) is 8.53. The van der Waals surface area contributed by atoms with Crippen LogP contribution in [0.3, 0.4) is 0 Å². The zero-order valence-electron chi connectivity index (χ0n) is 30.3.